The predicted molar refractivity (Wildman–Crippen MR) is 537 cm³/mol. The Balaban J connectivity index is 0.000000126. The van der Waals surface area contributed by atoms with Gasteiger partial charge in [0, 0.05) is 16.7 Å². The molecule has 0 bridgehead atoms. The fourth-order valence-electron chi connectivity index (χ4n) is 19.6. The summed E-state index contributed by atoms with van der Waals surface area (Å²) >= 11 is 0. The molecule has 20 aromatic rings. The van der Waals surface area contributed by atoms with Crippen LogP contribution in [0.25, 0.3) is 135 Å². The van der Waals surface area contributed by atoms with Gasteiger partial charge in [-0.05, 0) is 455 Å². The topological polar surface area (TPSA) is 349 Å². The van der Waals surface area contributed by atoms with Crippen LogP contribution in [0.15, 0.2) is 0 Å². The largest absolute Gasteiger partial charge is 0.253 e. The maximum atomic E-state index is 4.95. The quantitative estimate of drug-likeness (QED) is 0.136. The first kappa shape index (κ1) is 93.1. The number of nitrogens with zero attached hydrogens (tertiary/aromatic N) is 32. The minimum atomic E-state index is 0.511. The van der Waals surface area contributed by atoms with Crippen molar-refractivity contribution < 1.29 is 0 Å². The summed E-state index contributed by atoms with van der Waals surface area (Å²) in [6.45, 7) is 83.8. The zero-order chi connectivity index (χ0) is 98.5. The standard InChI is InChI=1S/4C26H30N8/c1-11-13(3)17(7)23-21(15(11)5)29-31-33(23)25-19(9)28-26(20(10)27-25)34-24-18(8)14(4)12(2)16(6)22(24)30-32-34;1-11-13(3)17(7)23-21(15(11)5)29-31-33(23)25-19(9)26(28-20(10)27-25)34-24-18(8)14(4)12(2)16(6)22(24)30-32-34;1-11-13(3)17(7)23-21(15(11)5)29-31-33(23)25-19(9)27-26(28-20(25)10)34-24-18(8)14(4)12(2)16(6)22(24)30-32-34;1-11-13(3)17(7)23-21(15(11)5)27-31-33(23)25-19(9)20(10)26(30-29-25)34-24-18(8)14(4)12(2)16(6)22(24)28-32-34/h4*1-10H3. The summed E-state index contributed by atoms with van der Waals surface area (Å²) in [6.07, 6.45) is 0. The second-order valence-electron chi connectivity index (χ2n) is 37.8. The molecule has 12 heterocycles. The van der Waals surface area contributed by atoms with Gasteiger partial charge in [0.05, 0.1) is 61.4 Å². The lowest BCUT2D eigenvalue weighted by Gasteiger charge is -2.15. The maximum Gasteiger partial charge on any atom is 0.253 e. The number of aryl methyl sites for hydroxylation is 21. The molecule has 32 nitrogen and oxygen atoms in total. The molecule has 32 heteroatoms. The van der Waals surface area contributed by atoms with Gasteiger partial charge in [-0.2, -0.15) is 32.8 Å². The van der Waals surface area contributed by atoms with E-state index in [2.05, 4.69) is 314 Å². The molecule has 8 aromatic carbocycles. The average Bonchev–Trinajstić information content (AvgIpc) is 1.58. The van der Waals surface area contributed by atoms with E-state index in [1.54, 1.807) is 4.68 Å². The molecule has 136 heavy (non-hydrogen) atoms. The van der Waals surface area contributed by atoms with Crippen molar-refractivity contribution in [3.63, 3.8) is 0 Å². The van der Waals surface area contributed by atoms with E-state index in [1.807, 2.05) is 88.2 Å². The van der Waals surface area contributed by atoms with Gasteiger partial charge in [0.15, 0.2) is 34.9 Å². The van der Waals surface area contributed by atoms with Crippen LogP contribution in [0.3, 0.4) is 0 Å². The van der Waals surface area contributed by atoms with E-state index in [0.29, 0.717) is 46.7 Å². The number of benzene rings is 8. The predicted octanol–water partition coefficient (Wildman–Crippen LogP) is 20.1. The first-order valence-electron chi connectivity index (χ1n) is 46.1. The minimum Gasteiger partial charge on any atom is -0.228 e. The van der Waals surface area contributed by atoms with Crippen molar-refractivity contribution in [2.24, 2.45) is 0 Å². The van der Waals surface area contributed by atoms with Crippen LogP contribution in [0, 0.1) is 277 Å². The van der Waals surface area contributed by atoms with Crippen LogP contribution in [-0.4, -0.2) is 160 Å². The van der Waals surface area contributed by atoms with E-state index in [-0.39, 0.29) is 0 Å². The molecule has 696 valence electrons. The van der Waals surface area contributed by atoms with E-state index < -0.39 is 0 Å². The number of rotatable bonds is 8. The van der Waals surface area contributed by atoms with Gasteiger partial charge in [-0.15, -0.1) is 51.0 Å². The molecule has 0 spiro atoms. The van der Waals surface area contributed by atoms with Crippen molar-refractivity contribution in [3.05, 3.63) is 223 Å². The molecule has 0 aliphatic rings. The molecule has 0 amide bonds. The third-order valence-corrected chi connectivity index (χ3v) is 31.2. The second-order valence-corrected chi connectivity index (χ2v) is 37.8. The van der Waals surface area contributed by atoms with Crippen LogP contribution in [0.5, 0.6) is 0 Å². The molecule has 12 aromatic heterocycles. The van der Waals surface area contributed by atoms with E-state index in [4.69, 9.17) is 29.9 Å². The monoisotopic (exact) mass is 1820 g/mol. The second kappa shape index (κ2) is 33.7. The summed E-state index contributed by atoms with van der Waals surface area (Å²) in [4.78, 5) is 29.2. The number of hydrogen-bond acceptors (Lipinski definition) is 24. The van der Waals surface area contributed by atoms with Gasteiger partial charge in [-0.1, -0.05) is 41.7 Å². The Labute approximate surface area is 790 Å². The van der Waals surface area contributed by atoms with Gasteiger partial charge in [-0.25, -0.2) is 34.6 Å². The highest BCUT2D eigenvalue weighted by Gasteiger charge is 2.31. The average molecular weight is 1820 g/mol. The fraction of sp³-hybridized carbons (Fsp3) is 0.385. The fourth-order valence-corrected chi connectivity index (χ4v) is 19.6. The summed E-state index contributed by atoms with van der Waals surface area (Å²) < 4.78 is 14.7. The lowest BCUT2D eigenvalue weighted by Crippen LogP contribution is -2.13. The molecule has 0 unspecified atom stereocenters. The highest BCUT2D eigenvalue weighted by atomic mass is 15.5. The van der Waals surface area contributed by atoms with E-state index in [9.17, 15) is 0 Å². The van der Waals surface area contributed by atoms with Crippen LogP contribution < -0.4 is 0 Å². The van der Waals surface area contributed by atoms with Gasteiger partial charge in [0.25, 0.3) is 5.95 Å². The molecule has 0 saturated carbocycles. The third-order valence-electron chi connectivity index (χ3n) is 31.2. The zero-order valence-electron chi connectivity index (χ0n) is 86.3. The molecular weight excluding hydrogens is 1700 g/mol. The van der Waals surface area contributed by atoms with Crippen molar-refractivity contribution in [2.45, 2.75) is 277 Å². The number of hydrogen-bond donors (Lipinski definition) is 0. The first-order chi connectivity index (χ1) is 64.2. The van der Waals surface area contributed by atoms with Gasteiger partial charge < -0.3 is 0 Å². The van der Waals surface area contributed by atoms with Gasteiger partial charge in [0.1, 0.15) is 61.2 Å². The highest BCUT2D eigenvalue weighted by molar-refractivity contribution is 5.93. The summed E-state index contributed by atoms with van der Waals surface area (Å²) in [5.41, 5.74) is 60.3. The molecule has 0 aliphatic carbocycles. The molecule has 0 radical (unpaired) electrons. The van der Waals surface area contributed by atoms with Crippen molar-refractivity contribution in [3.8, 4) is 46.5 Å². The lowest BCUT2D eigenvalue weighted by molar-refractivity contribution is 0.733. The minimum absolute atomic E-state index is 0.511. The molecular formula is C104H120N32. The van der Waals surface area contributed by atoms with Crippen molar-refractivity contribution >= 4 is 88.3 Å². The Morgan fingerprint density at radius 2 is 0.301 bits per heavy atom. The normalized spacial score (nSPS) is 11.8. The Hall–Kier alpha value is -14.7. The van der Waals surface area contributed by atoms with Crippen molar-refractivity contribution in [2.75, 3.05) is 0 Å². The van der Waals surface area contributed by atoms with Crippen LogP contribution in [-0.2, 0) is 0 Å². The summed E-state index contributed by atoms with van der Waals surface area (Å²) in [5, 5.41) is 81.4. The summed E-state index contributed by atoms with van der Waals surface area (Å²) in [6, 6.07) is 0. The molecule has 0 N–H and O–H groups in total. The molecule has 0 aliphatic heterocycles. The van der Waals surface area contributed by atoms with Gasteiger partial charge in [-0.3, -0.25) is 0 Å². The third kappa shape index (κ3) is 13.9. The number of fused-ring (bicyclic) bond motifs is 8. The lowest BCUT2D eigenvalue weighted by atomic mass is 9.97. The molecule has 20 rings (SSSR count). The first-order valence-corrected chi connectivity index (χ1v) is 46.1. The van der Waals surface area contributed by atoms with Crippen LogP contribution in [0.4, 0.5) is 0 Å². The van der Waals surface area contributed by atoms with Gasteiger partial charge >= 0.3 is 0 Å². The molecule has 0 saturated heterocycles. The maximum absolute atomic E-state index is 4.95. The molecule has 0 atom stereocenters. The summed E-state index contributed by atoms with van der Waals surface area (Å²) in [7, 11) is 0. The van der Waals surface area contributed by atoms with Crippen LogP contribution >= 0.6 is 0 Å². The van der Waals surface area contributed by atoms with E-state index in [1.165, 1.54) is 94.6 Å². The van der Waals surface area contributed by atoms with Gasteiger partial charge in [0.2, 0.25) is 0 Å². The SMILES string of the molecule is Cc1c(-n2nnc3c(C)c(C)c(C)c(C)c32)nnc(-n2nnc3c(C)c(C)c(C)c(C)c32)c1C.Cc1nc(-n2nnc3c(C)c(C)c(C)c(C)c32)c(C)c(-n2nnc3c(C)c(C)c(C)c(C)c32)n1.Cc1nc(-n2nnc3c(C)c(C)c(C)c(C)c32)c(C)nc1-n1nnc2c(C)c(C)c(C)c(C)c21.Cc1nc(-n2nnc3c(C)c(C)c(C)c(C)c32)nc(C)c1-n1nnc2c(C)c(C)c(C)c(C)c21. The smallest absolute Gasteiger partial charge is 0.228 e. The van der Waals surface area contributed by atoms with E-state index >= 15 is 0 Å². The number of aromatic nitrogens is 32. The highest BCUT2D eigenvalue weighted by Crippen LogP contribution is 2.41. The Morgan fingerprint density at radius 1 is 0.125 bits per heavy atom. The van der Waals surface area contributed by atoms with Crippen LogP contribution in [0.2, 0.25) is 0 Å². The van der Waals surface area contributed by atoms with Crippen LogP contribution in [0.1, 0.15) is 223 Å². The van der Waals surface area contributed by atoms with E-state index in [0.717, 1.165) is 217 Å². The Bertz CT molecular complexity index is 8010. The Kier molecular flexibility index (Phi) is 23.1. The Morgan fingerprint density at radius 3 is 0.529 bits per heavy atom. The molecule has 0 fully saturated rings. The zero-order valence-corrected chi connectivity index (χ0v) is 86.3. The summed E-state index contributed by atoms with van der Waals surface area (Å²) in [5.74, 6) is 5.28. The van der Waals surface area contributed by atoms with Crippen molar-refractivity contribution in [1.29, 1.82) is 0 Å². The van der Waals surface area contributed by atoms with Crippen molar-refractivity contribution in [1.82, 2.24) is 160 Å².